The van der Waals surface area contributed by atoms with Crippen LogP contribution in [0.25, 0.3) is 11.4 Å². The van der Waals surface area contributed by atoms with Gasteiger partial charge in [0.05, 0.1) is 26.5 Å². The topological polar surface area (TPSA) is 80.3 Å². The van der Waals surface area contributed by atoms with Crippen LogP contribution in [0.3, 0.4) is 0 Å². The largest absolute Gasteiger partial charge is 0.497 e. The molecule has 164 valence electrons. The number of methoxy groups -OCH3 is 2. The van der Waals surface area contributed by atoms with Gasteiger partial charge in [0.1, 0.15) is 11.5 Å². The molecule has 0 saturated carbocycles. The number of carbonyl (C=O) groups excluding carboxylic acids is 1. The molecule has 0 unspecified atom stereocenters. The third-order valence-electron chi connectivity index (χ3n) is 4.73. The van der Waals surface area contributed by atoms with Crippen LogP contribution in [0.1, 0.15) is 4.88 Å². The molecule has 0 spiro atoms. The average molecular weight is 467 g/mol. The fourth-order valence-electron chi connectivity index (χ4n) is 3.04. The monoisotopic (exact) mass is 466 g/mol. The maximum atomic E-state index is 13.1. The number of nitrogens with one attached hydrogen (secondary N) is 1. The van der Waals surface area contributed by atoms with Gasteiger partial charge in [-0.3, -0.25) is 9.89 Å². The summed E-state index contributed by atoms with van der Waals surface area (Å²) in [7, 11) is 3.25. The van der Waals surface area contributed by atoms with Crippen molar-refractivity contribution in [1.82, 2.24) is 15.2 Å². The second kappa shape index (κ2) is 10.3. The van der Waals surface area contributed by atoms with Crippen molar-refractivity contribution in [2.24, 2.45) is 0 Å². The Morgan fingerprint density at radius 3 is 2.34 bits per heavy atom. The van der Waals surface area contributed by atoms with Crippen LogP contribution in [0.15, 0.2) is 71.2 Å². The molecule has 0 saturated heterocycles. The van der Waals surface area contributed by atoms with E-state index >= 15 is 0 Å². The predicted molar refractivity (Wildman–Crippen MR) is 128 cm³/mol. The second-order valence-electron chi connectivity index (χ2n) is 6.74. The van der Waals surface area contributed by atoms with E-state index in [-0.39, 0.29) is 11.7 Å². The summed E-state index contributed by atoms with van der Waals surface area (Å²) in [6, 6.07) is 19.1. The number of rotatable bonds is 9. The Morgan fingerprint density at radius 1 is 1.03 bits per heavy atom. The maximum Gasteiger partial charge on any atom is 0.237 e. The molecule has 0 bridgehead atoms. The fraction of sp³-hybridized carbons (Fsp3) is 0.174. The van der Waals surface area contributed by atoms with E-state index in [4.69, 9.17) is 9.47 Å². The number of anilines is 1. The van der Waals surface area contributed by atoms with E-state index in [1.54, 1.807) is 30.5 Å². The van der Waals surface area contributed by atoms with E-state index in [9.17, 15) is 4.79 Å². The Bertz CT molecular complexity index is 1140. The van der Waals surface area contributed by atoms with Crippen LogP contribution in [0.2, 0.25) is 0 Å². The number of hydrogen-bond acceptors (Lipinski definition) is 7. The predicted octanol–water partition coefficient (Wildman–Crippen LogP) is 4.88. The molecule has 32 heavy (non-hydrogen) atoms. The number of ether oxygens (including phenoxy) is 2. The summed E-state index contributed by atoms with van der Waals surface area (Å²) in [6.45, 7) is 0.508. The molecule has 2 aromatic carbocycles. The Balaban J connectivity index is 1.45. The molecule has 4 aromatic rings. The van der Waals surface area contributed by atoms with E-state index in [0.717, 1.165) is 27.6 Å². The lowest BCUT2D eigenvalue weighted by Gasteiger charge is -2.22. The van der Waals surface area contributed by atoms with Crippen molar-refractivity contribution < 1.29 is 14.3 Å². The third-order valence-corrected chi connectivity index (χ3v) is 6.43. The lowest BCUT2D eigenvalue weighted by molar-refractivity contribution is -0.116. The number of benzene rings is 2. The molecule has 0 radical (unpaired) electrons. The Hall–Kier alpha value is -3.30. The first-order valence-corrected chi connectivity index (χ1v) is 11.7. The SMILES string of the molecule is COc1ccc(-c2nc(SCC(=O)N(Cc3cccs3)c3ccc(OC)cc3)n[nH]2)cc1. The van der Waals surface area contributed by atoms with Crippen molar-refractivity contribution in [1.29, 1.82) is 0 Å². The zero-order chi connectivity index (χ0) is 22.3. The molecule has 2 aromatic heterocycles. The van der Waals surface area contributed by atoms with Gasteiger partial charge in [0.2, 0.25) is 11.1 Å². The minimum atomic E-state index is -0.0237. The molecule has 0 atom stereocenters. The number of thioether (sulfide) groups is 1. The van der Waals surface area contributed by atoms with Crippen LogP contribution in [-0.2, 0) is 11.3 Å². The summed E-state index contributed by atoms with van der Waals surface area (Å²) >= 11 is 2.93. The highest BCUT2D eigenvalue weighted by Gasteiger charge is 2.18. The molecule has 0 fully saturated rings. The van der Waals surface area contributed by atoms with Crippen LogP contribution in [0.4, 0.5) is 5.69 Å². The molecule has 1 N–H and O–H groups in total. The highest BCUT2D eigenvalue weighted by molar-refractivity contribution is 7.99. The highest BCUT2D eigenvalue weighted by atomic mass is 32.2. The van der Waals surface area contributed by atoms with Crippen molar-refractivity contribution >= 4 is 34.7 Å². The minimum Gasteiger partial charge on any atom is -0.497 e. The van der Waals surface area contributed by atoms with E-state index in [2.05, 4.69) is 15.2 Å². The summed E-state index contributed by atoms with van der Waals surface area (Å²) in [6.07, 6.45) is 0. The van der Waals surface area contributed by atoms with E-state index in [1.807, 2.05) is 66.0 Å². The van der Waals surface area contributed by atoms with E-state index in [1.165, 1.54) is 11.8 Å². The molecular formula is C23H22N4O3S2. The van der Waals surface area contributed by atoms with Gasteiger partial charge in [-0.05, 0) is 60.0 Å². The number of aromatic nitrogens is 3. The molecule has 1 amide bonds. The number of H-pyrrole nitrogens is 1. The first-order chi connectivity index (χ1) is 15.7. The average Bonchev–Trinajstić information content (AvgIpc) is 3.53. The van der Waals surface area contributed by atoms with Gasteiger partial charge in [-0.1, -0.05) is 17.8 Å². The first-order valence-electron chi connectivity index (χ1n) is 9.82. The van der Waals surface area contributed by atoms with Crippen molar-refractivity contribution in [2.75, 3.05) is 24.9 Å². The van der Waals surface area contributed by atoms with Crippen molar-refractivity contribution in [3.63, 3.8) is 0 Å². The van der Waals surface area contributed by atoms with E-state index in [0.29, 0.717) is 17.5 Å². The lowest BCUT2D eigenvalue weighted by atomic mass is 10.2. The van der Waals surface area contributed by atoms with Gasteiger partial charge in [-0.15, -0.1) is 16.4 Å². The molecule has 4 rings (SSSR count). The van der Waals surface area contributed by atoms with E-state index < -0.39 is 0 Å². The lowest BCUT2D eigenvalue weighted by Crippen LogP contribution is -2.31. The van der Waals surface area contributed by atoms with Gasteiger partial charge in [0, 0.05) is 16.1 Å². The van der Waals surface area contributed by atoms with Crippen LogP contribution >= 0.6 is 23.1 Å². The van der Waals surface area contributed by atoms with Crippen LogP contribution in [0.5, 0.6) is 11.5 Å². The number of aromatic amines is 1. The molecule has 0 aliphatic heterocycles. The summed E-state index contributed by atoms with van der Waals surface area (Å²) in [5.74, 6) is 2.37. The second-order valence-corrected chi connectivity index (χ2v) is 8.72. The Kier molecular flexibility index (Phi) is 7.08. The molecule has 2 heterocycles. The zero-order valence-electron chi connectivity index (χ0n) is 17.6. The molecule has 9 heteroatoms. The van der Waals surface area contributed by atoms with Gasteiger partial charge >= 0.3 is 0 Å². The van der Waals surface area contributed by atoms with Crippen LogP contribution in [0, 0.1) is 0 Å². The summed E-state index contributed by atoms with van der Waals surface area (Å²) in [4.78, 5) is 20.5. The molecular weight excluding hydrogens is 444 g/mol. The van der Waals surface area contributed by atoms with Gasteiger partial charge in [0.25, 0.3) is 0 Å². The van der Waals surface area contributed by atoms with Gasteiger partial charge in [-0.2, -0.15) is 0 Å². The van der Waals surface area contributed by atoms with Crippen LogP contribution in [-0.4, -0.2) is 41.1 Å². The smallest absolute Gasteiger partial charge is 0.237 e. The summed E-state index contributed by atoms with van der Waals surface area (Å²) in [5, 5.41) is 9.71. The quantitative estimate of drug-likeness (QED) is 0.354. The van der Waals surface area contributed by atoms with Crippen molar-refractivity contribution in [2.45, 2.75) is 11.7 Å². The number of nitrogens with zero attached hydrogens (tertiary/aromatic N) is 3. The maximum absolute atomic E-state index is 13.1. The number of amides is 1. The standard InChI is InChI=1S/C23H22N4O3S2/c1-29-18-9-5-16(6-10-18)22-24-23(26-25-22)32-15-21(28)27(14-20-4-3-13-31-20)17-7-11-19(30-2)12-8-17/h3-13H,14-15H2,1-2H3,(H,24,25,26). The zero-order valence-corrected chi connectivity index (χ0v) is 19.3. The van der Waals surface area contributed by atoms with Gasteiger partial charge in [-0.25, -0.2) is 4.98 Å². The Morgan fingerprint density at radius 2 is 1.72 bits per heavy atom. The Labute approximate surface area is 194 Å². The molecule has 0 aliphatic carbocycles. The van der Waals surface area contributed by atoms with Gasteiger partial charge in [0.15, 0.2) is 5.82 Å². The fourth-order valence-corrected chi connectivity index (χ4v) is 4.40. The minimum absolute atomic E-state index is 0.0237. The summed E-state index contributed by atoms with van der Waals surface area (Å²) in [5.41, 5.74) is 1.72. The van der Waals surface area contributed by atoms with Crippen molar-refractivity contribution in [3.05, 3.63) is 70.9 Å². The van der Waals surface area contributed by atoms with Crippen molar-refractivity contribution in [3.8, 4) is 22.9 Å². The molecule has 0 aliphatic rings. The highest BCUT2D eigenvalue weighted by Crippen LogP contribution is 2.26. The summed E-state index contributed by atoms with van der Waals surface area (Å²) < 4.78 is 10.4. The van der Waals surface area contributed by atoms with Gasteiger partial charge < -0.3 is 14.4 Å². The normalized spacial score (nSPS) is 10.7. The van der Waals surface area contributed by atoms with Crippen LogP contribution < -0.4 is 14.4 Å². The number of thiophene rings is 1. The molecule has 7 nitrogen and oxygen atoms in total. The number of carbonyl (C=O) groups is 1. The number of hydrogen-bond donors (Lipinski definition) is 1. The third kappa shape index (κ3) is 5.30. The first kappa shape index (κ1) is 21.9.